The molecule has 0 saturated heterocycles. The molecular formula is C33H38O8S4. The minimum atomic E-state index is -0.137. The Morgan fingerprint density at radius 3 is 1.22 bits per heavy atom. The van der Waals surface area contributed by atoms with Crippen LogP contribution in [0.1, 0.15) is 57.7 Å². The molecule has 0 bridgehead atoms. The number of fused-ring (bicyclic) bond motifs is 3. The van der Waals surface area contributed by atoms with Crippen LogP contribution in [0.15, 0.2) is 0 Å². The van der Waals surface area contributed by atoms with Gasteiger partial charge >= 0.3 is 0 Å². The first-order chi connectivity index (χ1) is 21.5. The van der Waals surface area contributed by atoms with Gasteiger partial charge in [-0.25, -0.2) is 0 Å². The lowest BCUT2D eigenvalue weighted by atomic mass is 9.94. The lowest BCUT2D eigenvalue weighted by molar-refractivity contribution is 0.172. The van der Waals surface area contributed by atoms with Gasteiger partial charge in [0.05, 0.1) is 66.5 Å². The monoisotopic (exact) mass is 690 g/mol. The fourth-order valence-electron chi connectivity index (χ4n) is 5.63. The third-order valence-corrected chi connectivity index (χ3v) is 13.6. The molecule has 0 N–H and O–H groups in total. The van der Waals surface area contributed by atoms with Crippen molar-refractivity contribution in [2.24, 2.45) is 0 Å². The minimum absolute atomic E-state index is 0.113. The van der Waals surface area contributed by atoms with Crippen LogP contribution in [-0.4, -0.2) is 53.9 Å². The zero-order valence-corrected chi connectivity index (χ0v) is 30.1. The summed E-state index contributed by atoms with van der Waals surface area (Å²) in [6.07, 6.45) is 0.838. The second-order valence-corrected chi connectivity index (χ2v) is 17.1. The summed E-state index contributed by atoms with van der Waals surface area (Å²) in [5.41, 5.74) is -0.250. The summed E-state index contributed by atoms with van der Waals surface area (Å²) in [7, 11) is 3.38. The summed E-state index contributed by atoms with van der Waals surface area (Å²) >= 11 is 6.65. The van der Waals surface area contributed by atoms with Crippen molar-refractivity contribution < 1.29 is 37.9 Å². The Hall–Kier alpha value is -2.80. The van der Waals surface area contributed by atoms with E-state index in [-0.39, 0.29) is 10.8 Å². The van der Waals surface area contributed by atoms with E-state index in [1.165, 1.54) is 0 Å². The molecule has 3 aliphatic rings. The molecule has 0 amide bonds. The van der Waals surface area contributed by atoms with E-state index in [4.69, 9.17) is 37.9 Å². The summed E-state index contributed by atoms with van der Waals surface area (Å²) in [6, 6.07) is 0. The molecule has 4 aromatic rings. The molecule has 0 aromatic carbocycles. The number of hydrogen-bond donors (Lipinski definition) is 0. The zero-order valence-electron chi connectivity index (χ0n) is 26.8. The van der Waals surface area contributed by atoms with Gasteiger partial charge in [0.25, 0.3) is 0 Å². The molecule has 0 aliphatic carbocycles. The second-order valence-electron chi connectivity index (χ2n) is 13.0. The number of rotatable bonds is 5. The molecule has 4 aromatic heterocycles. The molecule has 0 spiro atoms. The predicted molar refractivity (Wildman–Crippen MR) is 182 cm³/mol. The Bertz CT molecular complexity index is 1740. The van der Waals surface area contributed by atoms with Crippen LogP contribution < -0.4 is 37.9 Å². The largest absolute Gasteiger partial charge is 0.492 e. The molecule has 12 heteroatoms. The first-order valence-corrected chi connectivity index (χ1v) is 18.3. The quantitative estimate of drug-likeness (QED) is 0.205. The van der Waals surface area contributed by atoms with Crippen molar-refractivity contribution in [3.63, 3.8) is 0 Å². The maximum absolute atomic E-state index is 6.38. The van der Waals surface area contributed by atoms with Gasteiger partial charge in [-0.15, -0.1) is 45.3 Å². The van der Waals surface area contributed by atoms with Crippen LogP contribution in [0.5, 0.6) is 46.0 Å². The fraction of sp³-hybridized carbons (Fsp3) is 0.515. The first kappa shape index (κ1) is 30.8. The van der Waals surface area contributed by atoms with Crippen LogP contribution in [0, 0.1) is 0 Å². The lowest BCUT2D eigenvalue weighted by Crippen LogP contribution is -2.15. The SMILES string of the molecule is COc1c(-c2sc(-c3sc(-c4sc(C(C)(C)C)c5c4OCCCO5)c4c3OCCO4)c3c2OCCO3)sc(C(C)(C)C)c1OC. The van der Waals surface area contributed by atoms with Crippen LogP contribution in [-0.2, 0) is 10.8 Å². The van der Waals surface area contributed by atoms with E-state index in [9.17, 15) is 0 Å². The molecular weight excluding hydrogens is 653 g/mol. The summed E-state index contributed by atoms with van der Waals surface area (Å²) in [4.78, 5) is 8.07. The van der Waals surface area contributed by atoms with Crippen molar-refractivity contribution >= 4 is 45.3 Å². The van der Waals surface area contributed by atoms with Crippen LogP contribution in [0.3, 0.4) is 0 Å². The third-order valence-electron chi connectivity index (χ3n) is 7.61. The Morgan fingerprint density at radius 1 is 0.422 bits per heavy atom. The van der Waals surface area contributed by atoms with E-state index in [0.29, 0.717) is 45.4 Å². The van der Waals surface area contributed by atoms with Crippen molar-refractivity contribution in [1.82, 2.24) is 0 Å². The van der Waals surface area contributed by atoms with E-state index < -0.39 is 0 Å². The molecule has 7 rings (SSSR count). The molecule has 242 valence electrons. The van der Waals surface area contributed by atoms with Gasteiger partial charge < -0.3 is 37.9 Å². The van der Waals surface area contributed by atoms with Gasteiger partial charge in [-0.05, 0) is 0 Å². The Morgan fingerprint density at radius 2 is 0.778 bits per heavy atom. The van der Waals surface area contributed by atoms with Crippen molar-refractivity contribution in [3.8, 4) is 75.3 Å². The molecule has 45 heavy (non-hydrogen) atoms. The zero-order chi connectivity index (χ0) is 31.7. The molecule has 3 aliphatic heterocycles. The van der Waals surface area contributed by atoms with E-state index in [1.807, 2.05) is 0 Å². The highest BCUT2D eigenvalue weighted by atomic mass is 32.1. The van der Waals surface area contributed by atoms with Crippen LogP contribution in [0.25, 0.3) is 29.3 Å². The molecule has 8 nitrogen and oxygen atoms in total. The number of ether oxygens (including phenoxy) is 8. The molecule has 0 fully saturated rings. The minimum Gasteiger partial charge on any atom is -0.492 e. The molecule has 0 saturated carbocycles. The maximum atomic E-state index is 6.38. The normalized spacial score (nSPS) is 16.0. The first-order valence-electron chi connectivity index (χ1n) is 15.1. The number of thiophene rings is 4. The van der Waals surface area contributed by atoms with Gasteiger partial charge in [0.2, 0.25) is 0 Å². The van der Waals surface area contributed by atoms with Gasteiger partial charge in [-0.1, -0.05) is 41.5 Å². The topological polar surface area (TPSA) is 73.8 Å². The summed E-state index contributed by atoms with van der Waals surface area (Å²) < 4.78 is 50.0. The van der Waals surface area contributed by atoms with Crippen molar-refractivity contribution in [3.05, 3.63) is 9.75 Å². The summed E-state index contributed by atoms with van der Waals surface area (Å²) in [5, 5.41) is 0. The summed E-state index contributed by atoms with van der Waals surface area (Å²) in [5.74, 6) is 6.02. The fourth-order valence-corrected chi connectivity index (χ4v) is 10.9. The molecule has 0 radical (unpaired) electrons. The van der Waals surface area contributed by atoms with Crippen molar-refractivity contribution in [1.29, 1.82) is 0 Å². The summed E-state index contributed by atoms with van der Waals surface area (Å²) in [6.45, 7) is 16.3. The Labute approximate surface area is 279 Å². The third kappa shape index (κ3) is 5.12. The maximum Gasteiger partial charge on any atom is 0.181 e. The van der Waals surface area contributed by atoms with E-state index in [2.05, 4.69) is 41.5 Å². The van der Waals surface area contributed by atoms with E-state index in [1.54, 1.807) is 59.6 Å². The van der Waals surface area contributed by atoms with Crippen LogP contribution in [0.4, 0.5) is 0 Å². The number of methoxy groups -OCH3 is 2. The van der Waals surface area contributed by atoms with Crippen molar-refractivity contribution in [2.45, 2.75) is 58.8 Å². The molecule has 0 unspecified atom stereocenters. The highest BCUT2D eigenvalue weighted by Crippen LogP contribution is 2.66. The average Bonchev–Trinajstić information content (AvgIpc) is 3.73. The predicted octanol–water partition coefficient (Wildman–Crippen LogP) is 9.25. The molecule has 0 atom stereocenters. The average molecular weight is 691 g/mol. The Kier molecular flexibility index (Phi) is 7.86. The lowest BCUT2D eigenvalue weighted by Gasteiger charge is -2.19. The standard InChI is InChI=1S/C33H38O8S4/c1-32(2,3)30-22(35-8)16(34-7)24(44-30)25-17-18(39-13-12-38-17)26(42-25)27-19-20(41-15-14-40-19)28(43-27)29-21-23(37-11-9-10-36-21)31(45-29)33(4,5)6/h9-15H2,1-8H3. The van der Waals surface area contributed by atoms with Gasteiger partial charge in [-0.2, -0.15) is 0 Å². The van der Waals surface area contributed by atoms with Gasteiger partial charge in [0.15, 0.2) is 46.0 Å². The second kappa shape index (κ2) is 11.5. The van der Waals surface area contributed by atoms with Gasteiger partial charge in [0.1, 0.15) is 26.4 Å². The number of hydrogen-bond acceptors (Lipinski definition) is 12. The van der Waals surface area contributed by atoms with Crippen LogP contribution in [0.2, 0.25) is 0 Å². The van der Waals surface area contributed by atoms with Gasteiger partial charge in [0, 0.05) is 17.3 Å². The molecule has 7 heterocycles. The van der Waals surface area contributed by atoms with Crippen molar-refractivity contribution in [2.75, 3.05) is 53.9 Å². The highest BCUT2D eigenvalue weighted by molar-refractivity contribution is 7.29. The van der Waals surface area contributed by atoms with Crippen LogP contribution >= 0.6 is 45.3 Å². The highest BCUT2D eigenvalue weighted by Gasteiger charge is 2.39. The van der Waals surface area contributed by atoms with E-state index in [0.717, 1.165) is 85.7 Å². The Balaban J connectivity index is 1.44. The van der Waals surface area contributed by atoms with E-state index >= 15 is 0 Å². The van der Waals surface area contributed by atoms with Gasteiger partial charge in [-0.3, -0.25) is 0 Å². The smallest absolute Gasteiger partial charge is 0.181 e.